The predicted octanol–water partition coefficient (Wildman–Crippen LogP) is 1.21. The van der Waals surface area contributed by atoms with Gasteiger partial charge in [-0.05, 0) is 77.6 Å². The summed E-state index contributed by atoms with van der Waals surface area (Å²) in [5.41, 5.74) is 0.604. The van der Waals surface area contributed by atoms with Gasteiger partial charge >= 0.3 is 11.9 Å². The lowest BCUT2D eigenvalue weighted by atomic mass is 9.87. The van der Waals surface area contributed by atoms with E-state index in [0.29, 0.717) is 5.56 Å². The van der Waals surface area contributed by atoms with E-state index < -0.39 is 95.8 Å². The van der Waals surface area contributed by atoms with Crippen LogP contribution in [0, 0.1) is 0 Å². The van der Waals surface area contributed by atoms with E-state index in [4.69, 9.17) is 18.9 Å². The van der Waals surface area contributed by atoms with Crippen LogP contribution >= 0.6 is 0 Å². The summed E-state index contributed by atoms with van der Waals surface area (Å²) in [5.74, 6) is -9.31. The van der Waals surface area contributed by atoms with Crippen LogP contribution in [0.4, 0.5) is 0 Å². The molecule has 0 aromatic heterocycles. The highest BCUT2D eigenvalue weighted by Gasteiger charge is 2.45. The van der Waals surface area contributed by atoms with Crippen molar-refractivity contribution in [1.29, 1.82) is 0 Å². The quantitative estimate of drug-likeness (QED) is 0.0443. The first-order chi connectivity index (χ1) is 24.7. The third-order valence-corrected chi connectivity index (χ3v) is 7.97. The number of phenols is 7. The van der Waals surface area contributed by atoms with Crippen molar-refractivity contribution in [2.24, 2.45) is 0 Å². The number of hydrogen-bond donors (Lipinski definition) is 7. The van der Waals surface area contributed by atoms with Gasteiger partial charge in [-0.3, -0.25) is 4.79 Å². The third-order valence-electron chi connectivity index (χ3n) is 7.97. The molecule has 1 heterocycles. The molecule has 7 N–H and O–H groups in total. The summed E-state index contributed by atoms with van der Waals surface area (Å²) >= 11 is 0. The molecule has 0 aliphatic carbocycles. The number of aromatic hydroxyl groups is 7. The van der Waals surface area contributed by atoms with Gasteiger partial charge in [0, 0.05) is 24.5 Å². The second-order valence-electron chi connectivity index (χ2n) is 11.5. The van der Waals surface area contributed by atoms with E-state index in [1.54, 1.807) is 0 Å². The Kier molecular flexibility index (Phi) is 10.9. The Morgan fingerprint density at radius 1 is 0.731 bits per heavy atom. The minimum atomic E-state index is -1.94. The lowest BCUT2D eigenvalue weighted by molar-refractivity contribution is -0.446. The minimum Gasteiger partial charge on any atom is -0.834 e. The summed E-state index contributed by atoms with van der Waals surface area (Å²) < 4.78 is 21.6. The monoisotopic (exact) mass is 718 g/mol. The number of carbonyl (C=O) groups excluding carboxylic acids is 3. The molecule has 16 nitrogen and oxygen atoms in total. The van der Waals surface area contributed by atoms with Crippen LogP contribution in [0.3, 0.4) is 0 Å². The number of rotatable bonds is 13. The molecule has 0 unspecified atom stereocenters. The molecule has 4 aromatic carbocycles. The fourth-order valence-electron chi connectivity index (χ4n) is 5.48. The van der Waals surface area contributed by atoms with E-state index in [9.17, 15) is 60.3 Å². The number of ether oxygens (including phenoxy) is 4. The van der Waals surface area contributed by atoms with Crippen molar-refractivity contribution in [3.8, 4) is 46.0 Å². The molecule has 1 aliphatic rings. The van der Waals surface area contributed by atoms with Crippen molar-refractivity contribution < 1.29 is 79.3 Å². The molecule has 52 heavy (non-hydrogen) atoms. The van der Waals surface area contributed by atoms with Crippen LogP contribution < -0.4 is 14.9 Å². The average molecular weight is 719 g/mol. The maximum Gasteiger partial charge on any atom is 0.333 e. The third kappa shape index (κ3) is 8.20. The van der Waals surface area contributed by atoms with Crippen LogP contribution in [0.1, 0.15) is 39.8 Å². The largest absolute Gasteiger partial charge is 0.834 e. The molecule has 0 radical (unpaired) electrons. The van der Waals surface area contributed by atoms with Crippen LogP contribution in [0.15, 0.2) is 72.8 Å². The molecule has 0 spiro atoms. The molecule has 1 aliphatic heterocycles. The Morgan fingerprint density at radius 3 is 1.88 bits per heavy atom. The Morgan fingerprint density at radius 2 is 1.31 bits per heavy atom. The summed E-state index contributed by atoms with van der Waals surface area (Å²) in [4.78, 5) is 38.9. The van der Waals surface area contributed by atoms with Gasteiger partial charge in [-0.2, -0.15) is 0 Å². The first-order valence-corrected chi connectivity index (χ1v) is 15.3. The van der Waals surface area contributed by atoms with Gasteiger partial charge in [0.2, 0.25) is 6.29 Å². The van der Waals surface area contributed by atoms with Crippen molar-refractivity contribution >= 4 is 24.0 Å². The normalized spacial score (nSPS) is 16.1. The van der Waals surface area contributed by atoms with Crippen molar-refractivity contribution in [3.63, 3.8) is 0 Å². The van der Waals surface area contributed by atoms with Crippen LogP contribution in [-0.4, -0.2) is 72.8 Å². The number of aliphatic carboxylic acids is 1. The number of hydrogen-bond acceptors (Lipinski definition) is 16. The number of esters is 2. The number of benzene rings is 4. The molecule has 0 saturated carbocycles. The van der Waals surface area contributed by atoms with E-state index in [1.807, 2.05) is 0 Å². The second kappa shape index (κ2) is 15.5. The Balaban J connectivity index is 1.46. The van der Waals surface area contributed by atoms with Crippen LogP contribution in [-0.2, 0) is 41.4 Å². The van der Waals surface area contributed by atoms with Crippen LogP contribution in [0.25, 0.3) is 6.08 Å². The molecule has 272 valence electrons. The van der Waals surface area contributed by atoms with E-state index in [-0.39, 0.29) is 34.4 Å². The van der Waals surface area contributed by atoms with Gasteiger partial charge in [0.15, 0.2) is 46.0 Å². The van der Waals surface area contributed by atoms with E-state index >= 15 is 0 Å². The van der Waals surface area contributed by atoms with Crippen molar-refractivity contribution in [3.05, 3.63) is 101 Å². The molecule has 0 bridgehead atoms. The molecule has 0 saturated heterocycles. The van der Waals surface area contributed by atoms with Gasteiger partial charge in [-0.1, -0.05) is 24.3 Å². The van der Waals surface area contributed by atoms with Crippen LogP contribution in [0.2, 0.25) is 0 Å². The van der Waals surface area contributed by atoms with Gasteiger partial charge in [0.25, 0.3) is 0 Å². The Hall–Kier alpha value is -6.65. The van der Waals surface area contributed by atoms with Crippen molar-refractivity contribution in [2.75, 3.05) is 6.79 Å². The molecule has 0 amide bonds. The highest BCUT2D eigenvalue weighted by Crippen LogP contribution is 2.53. The predicted molar refractivity (Wildman–Crippen MR) is 171 cm³/mol. The summed E-state index contributed by atoms with van der Waals surface area (Å²) in [7, 11) is 0. The maximum absolute atomic E-state index is 13.9. The molecule has 16 heteroatoms. The number of carbonyl (C=O) groups is 3. The first kappa shape index (κ1) is 36.6. The van der Waals surface area contributed by atoms with Crippen molar-refractivity contribution in [1.82, 2.24) is 0 Å². The van der Waals surface area contributed by atoms with Crippen LogP contribution in [0.5, 0.6) is 46.0 Å². The second-order valence-corrected chi connectivity index (χ2v) is 11.5. The van der Waals surface area contributed by atoms with E-state index in [2.05, 4.69) is 0 Å². The highest BCUT2D eigenvalue weighted by atomic mass is 16.7. The van der Waals surface area contributed by atoms with Gasteiger partial charge in [-0.25, -0.2) is 4.79 Å². The topological polar surface area (TPSA) is 276 Å². The highest BCUT2D eigenvalue weighted by molar-refractivity contribution is 5.90. The molecule has 4 aromatic rings. The van der Waals surface area contributed by atoms with E-state index in [0.717, 1.165) is 30.3 Å². The molecular weight excluding hydrogens is 688 g/mol. The Bertz CT molecular complexity index is 2020. The zero-order chi connectivity index (χ0) is 37.7. The van der Waals surface area contributed by atoms with Crippen molar-refractivity contribution in [2.45, 2.75) is 37.3 Å². The minimum absolute atomic E-state index is 0.0714. The fourth-order valence-corrected chi connectivity index (χ4v) is 5.48. The Labute approximate surface area is 293 Å². The SMILES string of the molecule is O=C(/C=C/c1ccc(O)c2c1[C@H](C(=O)O[C@H](Cc1ccc(O)c(O)c1)C(=O)[O-])[C@@H](c1ccc(O)c(O)c1)O2)O[C@H](Cc1ccc(O)c(O)c1)OC[O-]. The summed E-state index contributed by atoms with van der Waals surface area (Å²) in [6.07, 6.45) is -3.34. The number of phenolic OH excluding ortho intramolecular Hbond substituents is 7. The van der Waals surface area contributed by atoms with Gasteiger partial charge in [0.05, 0.1) is 5.97 Å². The molecule has 0 fully saturated rings. The lowest BCUT2D eigenvalue weighted by Crippen LogP contribution is -2.41. The van der Waals surface area contributed by atoms with E-state index in [1.165, 1.54) is 48.5 Å². The molecule has 5 rings (SSSR count). The number of carboxylic acid groups (broad SMARTS) is 1. The maximum atomic E-state index is 13.9. The lowest BCUT2D eigenvalue weighted by Gasteiger charge is -2.24. The summed E-state index contributed by atoms with van der Waals surface area (Å²) in [6, 6.07) is 13.2. The summed E-state index contributed by atoms with van der Waals surface area (Å²) in [5, 5.41) is 92.9. The van der Waals surface area contributed by atoms with Gasteiger partial charge in [0.1, 0.15) is 18.1 Å². The standard InChI is InChI=1S/C36H31O16/c37-16-49-30(14-18-2-7-22(39)26(43)12-18)51-29(45)10-5-19-3-9-24(41)34-31(19)32(33(52-34)20-4-8-23(40)27(44)15-20)36(48)50-28(35(46)47)13-17-1-6-21(38)25(42)11-17/h1-12,15,28,30,32-33,38-44H,13-14,16H2,(H,46,47)/q-1/p-1/b10-5+/t28-,30-,32+,33-/m1/s1. The summed E-state index contributed by atoms with van der Waals surface area (Å²) in [6.45, 7) is -1.09. The zero-order valence-electron chi connectivity index (χ0n) is 26.7. The average Bonchev–Trinajstić information content (AvgIpc) is 3.51. The van der Waals surface area contributed by atoms with Gasteiger partial charge < -0.3 is 69.7 Å². The smallest absolute Gasteiger partial charge is 0.333 e. The number of carboxylic acids is 1. The number of fused-ring (bicyclic) bond motifs is 1. The molecular formula is C36H30O16-2. The zero-order valence-corrected chi connectivity index (χ0v) is 26.7. The first-order valence-electron chi connectivity index (χ1n) is 15.3. The molecule has 4 atom stereocenters. The fraction of sp³-hybridized carbons (Fsp3) is 0.194. The van der Waals surface area contributed by atoms with Gasteiger partial charge in [-0.15, -0.1) is 0 Å².